The number of benzene rings is 1. The highest BCUT2D eigenvalue weighted by Crippen LogP contribution is 2.37. The number of non-ortho nitro benzene ring substituents is 1. The zero-order valence-electron chi connectivity index (χ0n) is 11.9. The van der Waals surface area contributed by atoms with Gasteiger partial charge < -0.3 is 10.4 Å². The molecule has 2 N–H and O–H groups in total. The van der Waals surface area contributed by atoms with E-state index in [9.17, 15) is 28.4 Å². The van der Waals surface area contributed by atoms with Crippen molar-refractivity contribution in [3.05, 3.63) is 56.3 Å². The molecule has 1 aromatic carbocycles. The molecule has 0 fully saturated rings. The summed E-state index contributed by atoms with van der Waals surface area (Å²) >= 11 is 1.36. The monoisotopic (exact) mass is 346 g/mol. The average molecular weight is 346 g/mol. The number of hydrogen-bond donors (Lipinski definition) is 2. The van der Waals surface area contributed by atoms with Crippen LogP contribution in [0.15, 0.2) is 35.0 Å². The molecule has 5 nitrogen and oxygen atoms in total. The van der Waals surface area contributed by atoms with Crippen molar-refractivity contribution in [1.29, 1.82) is 0 Å². The summed E-state index contributed by atoms with van der Waals surface area (Å²) in [5.41, 5.74) is -2.91. The Hall–Kier alpha value is -2.13. The van der Waals surface area contributed by atoms with Crippen LogP contribution in [0.5, 0.6) is 0 Å². The van der Waals surface area contributed by atoms with Crippen LogP contribution in [0.3, 0.4) is 0 Å². The molecule has 1 heterocycles. The molecule has 0 aliphatic heterocycles. The molecule has 2 rings (SSSR count). The highest BCUT2D eigenvalue weighted by molar-refractivity contribution is 7.08. The van der Waals surface area contributed by atoms with Gasteiger partial charge in [-0.05, 0) is 35.4 Å². The number of thiophene rings is 1. The van der Waals surface area contributed by atoms with Gasteiger partial charge in [-0.15, -0.1) is 0 Å². The fourth-order valence-corrected chi connectivity index (χ4v) is 2.76. The van der Waals surface area contributed by atoms with E-state index in [4.69, 9.17) is 0 Å². The Balaban J connectivity index is 2.27. The molecule has 23 heavy (non-hydrogen) atoms. The number of halogens is 3. The van der Waals surface area contributed by atoms with Crippen molar-refractivity contribution in [2.45, 2.75) is 18.7 Å². The van der Waals surface area contributed by atoms with Gasteiger partial charge in [0, 0.05) is 24.4 Å². The largest absolute Gasteiger partial charge is 0.418 e. The Morgan fingerprint density at radius 3 is 2.57 bits per heavy atom. The van der Waals surface area contributed by atoms with E-state index < -0.39 is 28.0 Å². The molecule has 0 spiro atoms. The predicted octanol–water partition coefficient (Wildman–Crippen LogP) is 3.99. The van der Waals surface area contributed by atoms with E-state index in [1.165, 1.54) is 18.3 Å². The van der Waals surface area contributed by atoms with Crippen LogP contribution in [0.1, 0.15) is 18.1 Å². The number of aliphatic hydroxyl groups is 1. The second-order valence-electron chi connectivity index (χ2n) is 5.12. The third-order valence-corrected chi connectivity index (χ3v) is 3.97. The van der Waals surface area contributed by atoms with E-state index in [1.54, 1.807) is 16.8 Å². The molecule has 1 unspecified atom stereocenters. The molecule has 0 aliphatic carbocycles. The maximum Gasteiger partial charge on any atom is 0.418 e. The molecule has 124 valence electrons. The minimum atomic E-state index is -4.75. The molecular formula is C14H13F3N2O3S. The molecule has 0 saturated heterocycles. The summed E-state index contributed by atoms with van der Waals surface area (Å²) in [5, 5.41) is 26.9. The van der Waals surface area contributed by atoms with Crippen LogP contribution in [-0.2, 0) is 11.8 Å². The van der Waals surface area contributed by atoms with Gasteiger partial charge in [0.2, 0.25) is 0 Å². The summed E-state index contributed by atoms with van der Waals surface area (Å²) in [7, 11) is 0. The molecule has 2 aromatic rings. The van der Waals surface area contributed by atoms with E-state index >= 15 is 0 Å². The summed E-state index contributed by atoms with van der Waals surface area (Å²) in [5.74, 6) is 0. The van der Waals surface area contributed by atoms with Crippen LogP contribution in [0.25, 0.3) is 0 Å². The van der Waals surface area contributed by atoms with Gasteiger partial charge in [-0.2, -0.15) is 24.5 Å². The first-order valence-electron chi connectivity index (χ1n) is 6.46. The van der Waals surface area contributed by atoms with Crippen molar-refractivity contribution in [1.82, 2.24) is 0 Å². The van der Waals surface area contributed by atoms with Gasteiger partial charge >= 0.3 is 6.18 Å². The van der Waals surface area contributed by atoms with Crippen LogP contribution in [-0.4, -0.2) is 16.6 Å². The first-order chi connectivity index (χ1) is 10.6. The van der Waals surface area contributed by atoms with Gasteiger partial charge in [-0.3, -0.25) is 10.1 Å². The Kier molecular flexibility index (Phi) is 4.62. The van der Waals surface area contributed by atoms with Gasteiger partial charge in [0.25, 0.3) is 5.69 Å². The second kappa shape index (κ2) is 6.17. The molecule has 0 radical (unpaired) electrons. The Morgan fingerprint density at radius 1 is 1.35 bits per heavy atom. The predicted molar refractivity (Wildman–Crippen MR) is 80.5 cm³/mol. The van der Waals surface area contributed by atoms with Crippen LogP contribution in [0.2, 0.25) is 0 Å². The number of hydrogen-bond acceptors (Lipinski definition) is 5. The third-order valence-electron chi connectivity index (χ3n) is 3.29. The lowest BCUT2D eigenvalue weighted by Gasteiger charge is -2.24. The summed E-state index contributed by atoms with van der Waals surface area (Å²) in [6, 6.07) is 4.12. The lowest BCUT2D eigenvalue weighted by atomic mass is 9.99. The normalized spacial score (nSPS) is 14.3. The van der Waals surface area contributed by atoms with Crippen molar-refractivity contribution in [3.8, 4) is 0 Å². The fraction of sp³-hybridized carbons (Fsp3) is 0.286. The van der Waals surface area contributed by atoms with Crippen LogP contribution in [0.4, 0.5) is 24.5 Å². The molecule has 0 amide bonds. The van der Waals surface area contributed by atoms with Crippen molar-refractivity contribution < 1.29 is 23.2 Å². The van der Waals surface area contributed by atoms with E-state index in [2.05, 4.69) is 5.32 Å². The first kappa shape index (κ1) is 17.2. The maximum absolute atomic E-state index is 13.1. The lowest BCUT2D eigenvalue weighted by molar-refractivity contribution is -0.385. The van der Waals surface area contributed by atoms with Gasteiger partial charge in [-0.1, -0.05) is 0 Å². The minimum Gasteiger partial charge on any atom is -0.384 e. The summed E-state index contributed by atoms with van der Waals surface area (Å²) < 4.78 is 39.2. The Bertz CT molecular complexity index is 700. The number of nitro groups is 1. The van der Waals surface area contributed by atoms with E-state index in [0.29, 0.717) is 11.6 Å². The fourth-order valence-electron chi connectivity index (χ4n) is 1.97. The van der Waals surface area contributed by atoms with Gasteiger partial charge in [0.15, 0.2) is 0 Å². The molecule has 0 saturated carbocycles. The van der Waals surface area contributed by atoms with Crippen LogP contribution >= 0.6 is 11.3 Å². The van der Waals surface area contributed by atoms with Gasteiger partial charge in [0.05, 0.1) is 10.5 Å². The lowest BCUT2D eigenvalue weighted by Crippen LogP contribution is -2.30. The number of anilines is 1. The molecule has 1 atom stereocenters. The van der Waals surface area contributed by atoms with Gasteiger partial charge in [0.1, 0.15) is 5.60 Å². The zero-order valence-corrected chi connectivity index (χ0v) is 12.7. The summed E-state index contributed by atoms with van der Waals surface area (Å²) in [4.78, 5) is 9.75. The second-order valence-corrected chi connectivity index (χ2v) is 5.90. The summed E-state index contributed by atoms with van der Waals surface area (Å²) in [6.45, 7) is 1.30. The number of alkyl halides is 3. The van der Waals surface area contributed by atoms with Crippen molar-refractivity contribution in [2.24, 2.45) is 0 Å². The quantitative estimate of drug-likeness (QED) is 0.634. The number of rotatable bonds is 5. The first-order valence-corrected chi connectivity index (χ1v) is 7.40. The van der Waals surface area contributed by atoms with Crippen molar-refractivity contribution >= 4 is 22.7 Å². The Labute approximate surface area is 133 Å². The van der Waals surface area contributed by atoms with E-state index in [1.807, 2.05) is 0 Å². The van der Waals surface area contributed by atoms with E-state index in [0.717, 1.165) is 12.1 Å². The standard InChI is InChI=1S/C14H13F3N2O3S/c1-13(20,9-4-5-23-7-9)8-18-12-3-2-10(19(21)22)6-11(12)14(15,16)17/h2-7,18,20H,8H2,1H3. The van der Waals surface area contributed by atoms with Crippen LogP contribution in [0, 0.1) is 10.1 Å². The third kappa shape index (κ3) is 3.99. The molecule has 9 heteroatoms. The minimum absolute atomic E-state index is 0.176. The van der Waals surface area contributed by atoms with Gasteiger partial charge in [-0.25, -0.2) is 0 Å². The topological polar surface area (TPSA) is 75.4 Å². The van der Waals surface area contributed by atoms with Crippen molar-refractivity contribution in [3.63, 3.8) is 0 Å². The average Bonchev–Trinajstić information content (AvgIpc) is 2.99. The highest BCUT2D eigenvalue weighted by Gasteiger charge is 2.36. The summed E-state index contributed by atoms with van der Waals surface area (Å²) in [6.07, 6.45) is -4.75. The SMILES string of the molecule is CC(O)(CNc1ccc([N+](=O)[O-])cc1C(F)(F)F)c1ccsc1. The molecular weight excluding hydrogens is 333 g/mol. The number of nitro benzene ring substituents is 1. The van der Waals surface area contributed by atoms with Crippen molar-refractivity contribution in [2.75, 3.05) is 11.9 Å². The number of nitrogens with zero attached hydrogens (tertiary/aromatic N) is 1. The molecule has 0 aliphatic rings. The zero-order chi connectivity index (χ0) is 17.3. The Morgan fingerprint density at radius 2 is 2.04 bits per heavy atom. The van der Waals surface area contributed by atoms with E-state index in [-0.39, 0.29) is 12.2 Å². The molecule has 0 bridgehead atoms. The smallest absolute Gasteiger partial charge is 0.384 e. The van der Waals surface area contributed by atoms with Crippen LogP contribution < -0.4 is 5.32 Å². The molecule has 1 aromatic heterocycles. The highest BCUT2D eigenvalue weighted by atomic mass is 32.1. The number of nitrogens with one attached hydrogen (secondary N) is 1. The maximum atomic E-state index is 13.1.